The fourth-order valence-corrected chi connectivity index (χ4v) is 10.8. The van der Waals surface area contributed by atoms with Crippen LogP contribution in [0.1, 0.15) is 116 Å². The highest BCUT2D eigenvalue weighted by molar-refractivity contribution is 6.34. The summed E-state index contributed by atoms with van der Waals surface area (Å²) in [7, 11) is 2.87. The van der Waals surface area contributed by atoms with Gasteiger partial charge in [-0.3, -0.25) is 19.2 Å². The van der Waals surface area contributed by atoms with Crippen molar-refractivity contribution in [1.29, 1.82) is 0 Å². The highest BCUT2D eigenvalue weighted by Gasteiger charge is 2.29. The third kappa shape index (κ3) is 19.6. The SMILES string of the molecule is COC(=O)C1CCN(c2cc(C=O)ccc2Cl)CC1.COC(=O)C1CCN(c2cc(CN[C@H](C)c3ccccc3)ccc2Cl)CC1.C[C@@H](N)c1ccccc1.C[C@@H](NCc1ccc(Cl)c(N2CCC(C(N)=O)CC2)c1)c1ccccc1. The number of rotatable bonds is 16. The van der Waals surface area contributed by atoms with Gasteiger partial charge in [0.15, 0.2) is 0 Å². The smallest absolute Gasteiger partial charge is 0.308 e. The summed E-state index contributed by atoms with van der Waals surface area (Å²) >= 11 is 19.1. The number of piperidine rings is 3. The number of carbonyl (C=O) groups excluding carboxylic acids is 4. The zero-order valence-electron chi connectivity index (χ0n) is 47.4. The standard InChI is InChI=1S/C22H27ClN2O2.C21H26ClN3O.C14H16ClNO3.C8H11N/c1-16(18-6-4-3-5-7-18)24-15-17-8-9-20(23)21(14-17)25-12-10-19(11-13-25)22(26)27-2;1-15(17-5-3-2-4-6-17)24-14-16-7-8-19(22)20(13-16)25-11-9-18(10-12-25)21(23)26;1-19-14(18)11-4-6-16(7-5-11)13-8-10(9-17)2-3-12(13)15;1-7(9)8-5-3-2-4-6-8/h3-9,14,16,19,24H,10-13,15H2,1-2H3;2-8,13,15,18,24H,9-12,14H2,1H3,(H2,23,26);2-3,8-9,11H,4-7H2,1H3;2-7H,9H2,1H3/t16-;15-;;7-/m11.1/s1. The normalized spacial score (nSPS) is 15.9. The van der Waals surface area contributed by atoms with Gasteiger partial charge in [-0.15, -0.1) is 0 Å². The molecule has 0 aromatic heterocycles. The summed E-state index contributed by atoms with van der Waals surface area (Å²) in [5, 5.41) is 9.27. The number of nitrogens with two attached hydrogens (primary N) is 2. The van der Waals surface area contributed by atoms with E-state index in [4.69, 9.17) is 55.7 Å². The van der Waals surface area contributed by atoms with Crippen LogP contribution >= 0.6 is 34.8 Å². The molecule has 0 aliphatic carbocycles. The number of methoxy groups -OCH3 is 2. The number of benzene rings is 6. The van der Waals surface area contributed by atoms with Gasteiger partial charge >= 0.3 is 11.9 Å². The molecule has 6 N–H and O–H groups in total. The van der Waals surface area contributed by atoms with Gasteiger partial charge in [0.05, 0.1) is 58.2 Å². The lowest BCUT2D eigenvalue weighted by Gasteiger charge is -2.33. The van der Waals surface area contributed by atoms with Gasteiger partial charge in [-0.25, -0.2) is 0 Å². The Morgan fingerprint density at radius 3 is 1.17 bits per heavy atom. The van der Waals surface area contributed by atoms with Gasteiger partial charge in [0.2, 0.25) is 5.91 Å². The first-order valence-electron chi connectivity index (χ1n) is 28.0. The maximum absolute atomic E-state index is 11.7. The van der Waals surface area contributed by atoms with Crippen molar-refractivity contribution in [3.05, 3.63) is 194 Å². The fourth-order valence-electron chi connectivity index (χ4n) is 10.1. The first-order valence-corrected chi connectivity index (χ1v) is 29.1. The van der Waals surface area contributed by atoms with Crippen LogP contribution in [0, 0.1) is 17.8 Å². The second-order valence-electron chi connectivity index (χ2n) is 20.9. The van der Waals surface area contributed by atoms with Crippen LogP contribution in [-0.4, -0.2) is 77.6 Å². The molecule has 3 atom stereocenters. The molecular formula is C65H80Cl3N7O6. The number of aldehydes is 1. The molecule has 9 rings (SSSR count). The summed E-state index contributed by atoms with van der Waals surface area (Å²) < 4.78 is 9.63. The molecule has 3 aliphatic rings. The quantitative estimate of drug-likeness (QED) is 0.0535. The second-order valence-corrected chi connectivity index (χ2v) is 22.1. The van der Waals surface area contributed by atoms with Gasteiger partial charge in [0.25, 0.3) is 0 Å². The van der Waals surface area contributed by atoms with Gasteiger partial charge in [-0.05, 0) is 124 Å². The topological polar surface area (TPSA) is 173 Å². The van der Waals surface area contributed by atoms with E-state index in [2.05, 4.69) is 112 Å². The Morgan fingerprint density at radius 2 is 0.852 bits per heavy atom. The van der Waals surface area contributed by atoms with E-state index in [1.165, 1.54) is 42.0 Å². The summed E-state index contributed by atoms with van der Waals surface area (Å²) in [6.07, 6.45) is 5.48. The molecule has 1 amide bonds. The predicted octanol–water partition coefficient (Wildman–Crippen LogP) is 12.7. The Morgan fingerprint density at radius 1 is 0.519 bits per heavy atom. The highest BCUT2D eigenvalue weighted by atomic mass is 35.5. The van der Waals surface area contributed by atoms with E-state index >= 15 is 0 Å². The highest BCUT2D eigenvalue weighted by Crippen LogP contribution is 2.34. The molecule has 0 radical (unpaired) electrons. The number of amides is 1. The van der Waals surface area contributed by atoms with Crippen LogP contribution in [-0.2, 0) is 36.9 Å². The number of primary amides is 1. The molecule has 3 heterocycles. The number of hydrogen-bond donors (Lipinski definition) is 4. The molecule has 0 saturated carbocycles. The maximum atomic E-state index is 11.7. The van der Waals surface area contributed by atoms with Crippen molar-refractivity contribution in [3.8, 4) is 0 Å². The van der Waals surface area contributed by atoms with Crippen molar-refractivity contribution < 1.29 is 28.7 Å². The van der Waals surface area contributed by atoms with Crippen LogP contribution in [0.5, 0.6) is 0 Å². The van der Waals surface area contributed by atoms with Crippen molar-refractivity contribution >= 4 is 76.0 Å². The minimum Gasteiger partial charge on any atom is -0.469 e. The van der Waals surface area contributed by atoms with Gasteiger partial charge in [-0.2, -0.15) is 0 Å². The van der Waals surface area contributed by atoms with Gasteiger partial charge in [0.1, 0.15) is 6.29 Å². The zero-order valence-corrected chi connectivity index (χ0v) is 49.6. The number of carbonyl (C=O) groups is 4. The Kier molecular flexibility index (Phi) is 25.8. The maximum Gasteiger partial charge on any atom is 0.308 e. The van der Waals surface area contributed by atoms with Crippen LogP contribution in [0.3, 0.4) is 0 Å². The first kappa shape index (κ1) is 63.7. The monoisotopic (exact) mass is 1160 g/mol. The molecule has 0 unspecified atom stereocenters. The molecule has 432 valence electrons. The average Bonchev–Trinajstić information content (AvgIpc) is 3.52. The Hall–Kier alpha value is -6.45. The minimum absolute atomic E-state index is 0.00148. The van der Waals surface area contributed by atoms with E-state index in [1.54, 1.807) is 18.2 Å². The van der Waals surface area contributed by atoms with Crippen molar-refractivity contribution in [3.63, 3.8) is 0 Å². The van der Waals surface area contributed by atoms with Crippen molar-refractivity contribution in [2.45, 2.75) is 90.5 Å². The first-order chi connectivity index (χ1) is 39.1. The van der Waals surface area contributed by atoms with Crippen molar-refractivity contribution in [2.24, 2.45) is 29.2 Å². The number of nitrogens with one attached hydrogen (secondary N) is 2. The van der Waals surface area contributed by atoms with E-state index in [-0.39, 0.29) is 53.7 Å². The molecule has 81 heavy (non-hydrogen) atoms. The molecule has 0 spiro atoms. The molecule has 3 saturated heterocycles. The summed E-state index contributed by atoms with van der Waals surface area (Å²) in [5.74, 6) is -0.484. The molecule has 0 bridgehead atoms. The van der Waals surface area contributed by atoms with Crippen LogP contribution in [0.15, 0.2) is 146 Å². The summed E-state index contributed by atoms with van der Waals surface area (Å²) in [5.41, 5.74) is 20.7. The van der Waals surface area contributed by atoms with Gasteiger partial charge in [0, 0.05) is 82.0 Å². The van der Waals surface area contributed by atoms with E-state index in [1.807, 2.05) is 61.5 Å². The molecule has 13 nitrogen and oxygen atoms in total. The van der Waals surface area contributed by atoms with E-state index < -0.39 is 0 Å². The molecular weight excluding hydrogens is 1080 g/mol. The number of nitrogens with zero attached hydrogens (tertiary/aromatic N) is 3. The predicted molar refractivity (Wildman–Crippen MR) is 330 cm³/mol. The third-order valence-corrected chi connectivity index (χ3v) is 16.2. The van der Waals surface area contributed by atoms with E-state index in [0.29, 0.717) is 10.6 Å². The lowest BCUT2D eigenvalue weighted by atomic mass is 9.96. The lowest BCUT2D eigenvalue weighted by Crippen LogP contribution is -2.38. The van der Waals surface area contributed by atoms with Crippen molar-refractivity contribution in [1.82, 2.24) is 10.6 Å². The van der Waals surface area contributed by atoms with E-state index in [0.717, 1.165) is 124 Å². The van der Waals surface area contributed by atoms with Gasteiger partial charge in [-0.1, -0.05) is 144 Å². The minimum atomic E-state index is -0.191. The van der Waals surface area contributed by atoms with Crippen LogP contribution in [0.4, 0.5) is 17.1 Å². The second kappa shape index (κ2) is 32.9. The fraction of sp³-hybridized carbons (Fsp3) is 0.385. The molecule has 6 aromatic carbocycles. The molecule has 3 fully saturated rings. The van der Waals surface area contributed by atoms with E-state index in [9.17, 15) is 19.2 Å². The van der Waals surface area contributed by atoms with Crippen LogP contribution in [0.25, 0.3) is 0 Å². The number of hydrogen-bond acceptors (Lipinski definition) is 12. The van der Waals surface area contributed by atoms with Crippen LogP contribution in [0.2, 0.25) is 15.1 Å². The lowest BCUT2D eigenvalue weighted by molar-refractivity contribution is -0.146. The molecule has 3 aliphatic heterocycles. The summed E-state index contributed by atoms with van der Waals surface area (Å²) in [6, 6.07) is 49.2. The molecule has 16 heteroatoms. The van der Waals surface area contributed by atoms with Gasteiger partial charge < -0.3 is 46.3 Å². The van der Waals surface area contributed by atoms with Crippen molar-refractivity contribution in [2.75, 3.05) is 68.2 Å². The number of ether oxygens (including phenoxy) is 2. The largest absolute Gasteiger partial charge is 0.469 e. The summed E-state index contributed by atoms with van der Waals surface area (Å²) in [4.78, 5) is 52.0. The zero-order chi connectivity index (χ0) is 58.3. The average molecular weight is 1160 g/mol. The number of halogens is 3. The summed E-state index contributed by atoms with van der Waals surface area (Å²) in [6.45, 7) is 12.6. The Bertz CT molecular complexity index is 2900. The van der Waals surface area contributed by atoms with Crippen LogP contribution < -0.4 is 36.8 Å². The number of anilines is 3. The Labute approximate surface area is 494 Å². The third-order valence-electron chi connectivity index (χ3n) is 15.3. The Balaban J connectivity index is 0.000000184. The number of esters is 2. The molecule has 6 aromatic rings.